The normalized spacial score (nSPS) is 11.9. The van der Waals surface area contributed by atoms with Crippen molar-refractivity contribution in [3.8, 4) is 0 Å². The SMILES string of the molecule is CC(=O)Nc1ccc(NC(=S)N[C@H](NC(=O)c2cccc(I)c2)C(Cl)(Cl)Cl)cc1. The van der Waals surface area contributed by atoms with E-state index in [1.807, 2.05) is 6.07 Å². The van der Waals surface area contributed by atoms with Crippen molar-refractivity contribution in [2.24, 2.45) is 0 Å². The molecule has 0 saturated heterocycles. The van der Waals surface area contributed by atoms with E-state index in [1.54, 1.807) is 42.5 Å². The van der Waals surface area contributed by atoms with Gasteiger partial charge in [-0.1, -0.05) is 40.9 Å². The molecule has 0 aliphatic carbocycles. The third-order valence-corrected chi connectivity index (χ3v) is 4.97. The highest BCUT2D eigenvalue weighted by Crippen LogP contribution is 2.29. The molecule has 0 unspecified atom stereocenters. The Morgan fingerprint density at radius 3 is 2.10 bits per heavy atom. The van der Waals surface area contributed by atoms with E-state index < -0.39 is 15.9 Å². The Hall–Kier alpha value is -1.33. The quantitative estimate of drug-likeness (QED) is 0.178. The van der Waals surface area contributed by atoms with E-state index in [2.05, 4.69) is 43.9 Å². The number of carbonyl (C=O) groups excluding carboxylic acids is 2. The average Bonchev–Trinajstić information content (AvgIpc) is 2.61. The molecule has 0 aromatic heterocycles. The molecule has 0 heterocycles. The van der Waals surface area contributed by atoms with Crippen molar-refractivity contribution < 1.29 is 9.59 Å². The predicted octanol–water partition coefficient (Wildman–Crippen LogP) is 4.66. The summed E-state index contributed by atoms with van der Waals surface area (Å²) in [4.78, 5) is 23.6. The number of amides is 2. The lowest BCUT2D eigenvalue weighted by molar-refractivity contribution is -0.114. The van der Waals surface area contributed by atoms with E-state index in [-0.39, 0.29) is 11.0 Å². The first-order valence-corrected chi connectivity index (χ1v) is 10.7. The number of hydrogen-bond donors (Lipinski definition) is 4. The highest BCUT2D eigenvalue weighted by Gasteiger charge is 2.34. The summed E-state index contributed by atoms with van der Waals surface area (Å²) in [5, 5.41) is 11.1. The minimum absolute atomic E-state index is 0.136. The summed E-state index contributed by atoms with van der Waals surface area (Å²) in [6, 6.07) is 13.8. The van der Waals surface area contributed by atoms with Crippen molar-refractivity contribution >= 4 is 97.9 Å². The van der Waals surface area contributed by atoms with Crippen molar-refractivity contribution in [2.45, 2.75) is 16.9 Å². The van der Waals surface area contributed by atoms with Crippen LogP contribution in [0.4, 0.5) is 11.4 Å². The summed E-state index contributed by atoms with van der Waals surface area (Å²) in [6.45, 7) is 1.42. The van der Waals surface area contributed by atoms with Crippen molar-refractivity contribution in [1.82, 2.24) is 10.6 Å². The predicted molar refractivity (Wildman–Crippen MR) is 131 cm³/mol. The van der Waals surface area contributed by atoms with Crippen LogP contribution in [0.2, 0.25) is 0 Å². The van der Waals surface area contributed by atoms with Gasteiger partial charge in [-0.3, -0.25) is 9.59 Å². The van der Waals surface area contributed by atoms with Gasteiger partial charge in [0.15, 0.2) is 5.11 Å². The maximum atomic E-state index is 12.5. The molecular weight excluding hydrogens is 570 g/mol. The van der Waals surface area contributed by atoms with Crippen LogP contribution in [-0.4, -0.2) is 26.9 Å². The largest absolute Gasteiger partial charge is 0.339 e. The number of nitrogens with one attached hydrogen (secondary N) is 4. The Morgan fingerprint density at radius 1 is 1.00 bits per heavy atom. The molecule has 4 N–H and O–H groups in total. The zero-order chi connectivity index (χ0) is 21.6. The van der Waals surface area contributed by atoms with Crippen LogP contribution in [0.15, 0.2) is 48.5 Å². The molecule has 6 nitrogen and oxygen atoms in total. The minimum atomic E-state index is -1.86. The van der Waals surface area contributed by atoms with Gasteiger partial charge in [-0.25, -0.2) is 0 Å². The maximum Gasteiger partial charge on any atom is 0.253 e. The fourth-order valence-corrected chi connectivity index (χ4v) is 3.29. The molecule has 0 saturated carbocycles. The van der Waals surface area contributed by atoms with Crippen LogP contribution >= 0.6 is 69.6 Å². The third-order valence-electron chi connectivity index (χ3n) is 3.43. The number of benzene rings is 2. The second-order valence-corrected chi connectivity index (χ2v) is 9.84. The summed E-state index contributed by atoms with van der Waals surface area (Å²) in [6.07, 6.45) is -1.09. The number of thiocarbonyl (C=S) groups is 1. The lowest BCUT2D eigenvalue weighted by atomic mass is 10.2. The molecule has 2 amide bonds. The Labute approximate surface area is 202 Å². The van der Waals surface area contributed by atoms with Crippen LogP contribution in [0, 0.1) is 3.57 Å². The first-order chi connectivity index (χ1) is 13.5. The van der Waals surface area contributed by atoms with E-state index in [4.69, 9.17) is 47.0 Å². The van der Waals surface area contributed by atoms with Crippen molar-refractivity contribution in [1.29, 1.82) is 0 Å². The van der Waals surface area contributed by atoms with Crippen LogP contribution in [0.3, 0.4) is 0 Å². The zero-order valence-electron chi connectivity index (χ0n) is 14.9. The molecule has 0 aliphatic heterocycles. The van der Waals surface area contributed by atoms with E-state index in [0.29, 0.717) is 16.9 Å². The topological polar surface area (TPSA) is 82.3 Å². The van der Waals surface area contributed by atoms with Crippen molar-refractivity contribution in [2.75, 3.05) is 10.6 Å². The van der Waals surface area contributed by atoms with E-state index in [9.17, 15) is 9.59 Å². The summed E-state index contributed by atoms with van der Waals surface area (Å²) >= 11 is 25.4. The molecule has 29 heavy (non-hydrogen) atoms. The fraction of sp³-hybridized carbons (Fsp3) is 0.167. The van der Waals surface area contributed by atoms with Gasteiger partial charge in [-0.2, -0.15) is 0 Å². The molecule has 0 radical (unpaired) electrons. The highest BCUT2D eigenvalue weighted by atomic mass is 127. The van der Waals surface area contributed by atoms with Gasteiger partial charge < -0.3 is 21.3 Å². The van der Waals surface area contributed by atoms with Gasteiger partial charge >= 0.3 is 0 Å². The third kappa shape index (κ3) is 8.13. The Bertz CT molecular complexity index is 907. The number of halogens is 4. The first-order valence-electron chi connectivity index (χ1n) is 8.13. The first kappa shape index (κ1) is 23.9. The summed E-state index contributed by atoms with van der Waals surface area (Å²) in [7, 11) is 0. The number of anilines is 2. The van der Waals surface area contributed by atoms with Gasteiger partial charge in [0.1, 0.15) is 6.17 Å². The zero-order valence-corrected chi connectivity index (χ0v) is 20.2. The standard InChI is InChI=1S/C18H16Cl3IN4O2S/c1-10(27)23-13-5-7-14(8-6-13)24-17(29)26-16(18(19,20)21)25-15(28)11-3-2-4-12(22)9-11/h2-9,16H,1H3,(H,23,27)(H,25,28)(H2,24,26,29)/t16-/m0/s1. The van der Waals surface area contributed by atoms with Crippen LogP contribution < -0.4 is 21.3 Å². The van der Waals surface area contributed by atoms with Gasteiger partial charge in [-0.05, 0) is 77.3 Å². The van der Waals surface area contributed by atoms with Gasteiger partial charge in [0, 0.05) is 27.4 Å². The molecule has 2 aromatic rings. The van der Waals surface area contributed by atoms with Gasteiger partial charge in [0.05, 0.1) is 0 Å². The second kappa shape index (κ2) is 10.6. The monoisotopic (exact) mass is 584 g/mol. The lowest BCUT2D eigenvalue weighted by Gasteiger charge is -2.27. The summed E-state index contributed by atoms with van der Waals surface area (Å²) in [5.74, 6) is -0.591. The van der Waals surface area contributed by atoms with Crippen LogP contribution in [0.1, 0.15) is 17.3 Å². The van der Waals surface area contributed by atoms with E-state index >= 15 is 0 Å². The molecule has 11 heteroatoms. The Morgan fingerprint density at radius 2 is 1.59 bits per heavy atom. The van der Waals surface area contributed by atoms with Gasteiger partial charge in [0.2, 0.25) is 9.70 Å². The number of rotatable bonds is 5. The van der Waals surface area contributed by atoms with E-state index in [0.717, 1.165) is 3.57 Å². The molecule has 0 fully saturated rings. The maximum absolute atomic E-state index is 12.5. The smallest absolute Gasteiger partial charge is 0.253 e. The fourth-order valence-electron chi connectivity index (χ4n) is 2.18. The molecule has 2 aromatic carbocycles. The van der Waals surface area contributed by atoms with Crippen LogP contribution in [0.5, 0.6) is 0 Å². The molecule has 154 valence electrons. The highest BCUT2D eigenvalue weighted by molar-refractivity contribution is 14.1. The number of carbonyl (C=O) groups is 2. The Kier molecular flexibility index (Phi) is 8.77. The Balaban J connectivity index is 2.03. The van der Waals surface area contributed by atoms with Crippen LogP contribution in [0.25, 0.3) is 0 Å². The van der Waals surface area contributed by atoms with E-state index in [1.165, 1.54) is 6.92 Å². The molecular formula is C18H16Cl3IN4O2S. The number of hydrogen-bond acceptors (Lipinski definition) is 3. The van der Waals surface area contributed by atoms with Crippen LogP contribution in [-0.2, 0) is 4.79 Å². The lowest BCUT2D eigenvalue weighted by Crippen LogP contribution is -2.56. The average molecular weight is 586 g/mol. The van der Waals surface area contributed by atoms with Gasteiger partial charge in [0.25, 0.3) is 5.91 Å². The summed E-state index contributed by atoms with van der Waals surface area (Å²) in [5.41, 5.74) is 1.71. The molecule has 2 rings (SSSR count). The summed E-state index contributed by atoms with van der Waals surface area (Å²) < 4.78 is -0.966. The second-order valence-electron chi connectivity index (χ2n) is 5.82. The molecule has 0 bridgehead atoms. The van der Waals surface area contributed by atoms with Crippen molar-refractivity contribution in [3.63, 3.8) is 0 Å². The van der Waals surface area contributed by atoms with Gasteiger partial charge in [-0.15, -0.1) is 0 Å². The molecule has 0 spiro atoms. The molecule has 0 aliphatic rings. The minimum Gasteiger partial charge on any atom is -0.339 e. The molecule has 1 atom stereocenters. The number of alkyl halides is 3. The van der Waals surface area contributed by atoms with Crippen molar-refractivity contribution in [3.05, 3.63) is 57.7 Å².